The summed E-state index contributed by atoms with van der Waals surface area (Å²) in [4.78, 5) is 14.2. The predicted molar refractivity (Wildman–Crippen MR) is 107 cm³/mol. The quantitative estimate of drug-likeness (QED) is 0.760. The number of alkyl halides is 3. The Labute approximate surface area is 177 Å². The third kappa shape index (κ3) is 4.94. The molecule has 2 saturated heterocycles. The molecule has 2 amide bonds. The highest BCUT2D eigenvalue weighted by Gasteiger charge is 2.37. The van der Waals surface area contributed by atoms with Crippen molar-refractivity contribution in [3.63, 3.8) is 0 Å². The van der Waals surface area contributed by atoms with E-state index in [0.29, 0.717) is 37.4 Å². The van der Waals surface area contributed by atoms with E-state index in [-0.39, 0.29) is 25.3 Å². The molecule has 2 aliphatic rings. The predicted octanol–water partition coefficient (Wildman–Crippen LogP) is 4.00. The lowest BCUT2D eigenvalue weighted by Gasteiger charge is -2.36. The summed E-state index contributed by atoms with van der Waals surface area (Å²) in [6.07, 6.45) is -3.37. The molecule has 0 saturated carbocycles. The van der Waals surface area contributed by atoms with Gasteiger partial charge in [0, 0.05) is 31.6 Å². The number of amides is 2. The zero-order chi connectivity index (χ0) is 22.1. The maximum atomic E-state index is 12.6. The first-order valence-electron chi connectivity index (χ1n) is 10.0. The number of nitrogens with zero attached hydrogens (tertiary/aromatic N) is 1. The average molecular weight is 436 g/mol. The molecule has 0 spiro atoms. The fourth-order valence-corrected chi connectivity index (χ4v) is 3.62. The molecule has 0 atom stereocenters. The van der Waals surface area contributed by atoms with E-state index >= 15 is 0 Å². The molecule has 2 heterocycles. The highest BCUT2D eigenvalue weighted by atomic mass is 19.4. The normalized spacial score (nSPS) is 18.9. The van der Waals surface area contributed by atoms with Gasteiger partial charge in [0.15, 0.2) is 0 Å². The number of halogens is 3. The van der Waals surface area contributed by atoms with Gasteiger partial charge in [-0.15, -0.1) is 0 Å². The second-order valence-corrected chi connectivity index (χ2v) is 7.86. The molecular formula is C22H23F3N2O4. The van der Waals surface area contributed by atoms with Gasteiger partial charge in [0.05, 0.1) is 18.8 Å². The molecular weight excluding hydrogens is 413 g/mol. The molecule has 31 heavy (non-hydrogen) atoms. The van der Waals surface area contributed by atoms with Crippen molar-refractivity contribution < 1.29 is 32.5 Å². The Morgan fingerprint density at radius 2 is 1.68 bits per heavy atom. The number of urea groups is 1. The summed E-state index contributed by atoms with van der Waals surface area (Å²) in [5.74, 6) is 0.384. The van der Waals surface area contributed by atoms with Crippen molar-refractivity contribution >= 4 is 11.7 Å². The van der Waals surface area contributed by atoms with Gasteiger partial charge < -0.3 is 24.8 Å². The Morgan fingerprint density at radius 1 is 1.06 bits per heavy atom. The summed E-state index contributed by atoms with van der Waals surface area (Å²) in [5, 5.41) is 13.1. The minimum Gasteiger partial charge on any atom is -0.490 e. The first-order chi connectivity index (χ1) is 14.7. The van der Waals surface area contributed by atoms with Crippen LogP contribution in [0.2, 0.25) is 0 Å². The zero-order valence-electron chi connectivity index (χ0n) is 16.7. The van der Waals surface area contributed by atoms with Gasteiger partial charge in [-0.1, -0.05) is 12.1 Å². The Hall–Kier alpha value is -2.78. The molecule has 2 fully saturated rings. The minimum atomic E-state index is -4.37. The van der Waals surface area contributed by atoms with Gasteiger partial charge in [-0.3, -0.25) is 0 Å². The van der Waals surface area contributed by atoms with E-state index in [4.69, 9.17) is 9.47 Å². The zero-order valence-corrected chi connectivity index (χ0v) is 16.7. The molecule has 2 N–H and O–H groups in total. The van der Waals surface area contributed by atoms with Gasteiger partial charge in [0.2, 0.25) is 0 Å². The molecule has 2 aromatic carbocycles. The van der Waals surface area contributed by atoms with Gasteiger partial charge in [-0.2, -0.15) is 13.2 Å². The molecule has 0 aliphatic carbocycles. The number of benzene rings is 2. The van der Waals surface area contributed by atoms with E-state index < -0.39 is 17.3 Å². The third-order valence-electron chi connectivity index (χ3n) is 5.57. The standard InChI is InChI=1S/C22H23F3N2O4/c23-22(24,25)16-3-7-18(8-4-16)31-19-9-11-27(12-10-19)20(28)26-17-5-1-15(2-6-17)21(29)13-30-14-21/h1-8,19,29H,9-14H2,(H,26,28). The smallest absolute Gasteiger partial charge is 0.416 e. The first kappa shape index (κ1) is 21.5. The molecule has 6 nitrogen and oxygen atoms in total. The number of hydrogen-bond donors (Lipinski definition) is 2. The largest absolute Gasteiger partial charge is 0.490 e. The van der Waals surface area contributed by atoms with Crippen molar-refractivity contribution in [2.75, 3.05) is 31.6 Å². The summed E-state index contributed by atoms with van der Waals surface area (Å²) in [5.41, 5.74) is -0.287. The monoisotopic (exact) mass is 436 g/mol. The average Bonchev–Trinajstić information content (AvgIpc) is 2.73. The number of likely N-dealkylation sites (tertiary alicyclic amines) is 1. The summed E-state index contributed by atoms with van der Waals surface area (Å²) in [7, 11) is 0. The Bertz CT molecular complexity index is 904. The maximum Gasteiger partial charge on any atom is 0.416 e. The van der Waals surface area contributed by atoms with Gasteiger partial charge in [0.25, 0.3) is 0 Å². The van der Waals surface area contributed by atoms with E-state index in [2.05, 4.69) is 5.32 Å². The number of hydrogen-bond acceptors (Lipinski definition) is 4. The van der Waals surface area contributed by atoms with Crippen molar-refractivity contribution in [2.24, 2.45) is 0 Å². The molecule has 0 bridgehead atoms. The SMILES string of the molecule is O=C(Nc1ccc(C2(O)COC2)cc1)N1CCC(Oc2ccc(C(F)(F)F)cc2)CC1. The number of carbonyl (C=O) groups excluding carboxylic acids is 1. The van der Waals surface area contributed by atoms with Crippen LogP contribution >= 0.6 is 0 Å². The topological polar surface area (TPSA) is 71.0 Å². The van der Waals surface area contributed by atoms with Crippen molar-refractivity contribution in [1.29, 1.82) is 0 Å². The molecule has 0 aromatic heterocycles. The third-order valence-corrected chi connectivity index (χ3v) is 5.57. The molecule has 9 heteroatoms. The van der Waals surface area contributed by atoms with Crippen LogP contribution in [0.1, 0.15) is 24.0 Å². The summed E-state index contributed by atoms with van der Waals surface area (Å²) in [6.45, 7) is 1.49. The number of aliphatic hydroxyl groups is 1. The number of piperidine rings is 1. The van der Waals surface area contributed by atoms with Crippen LogP contribution in [0.15, 0.2) is 48.5 Å². The second-order valence-electron chi connectivity index (χ2n) is 7.86. The molecule has 0 unspecified atom stereocenters. The van der Waals surface area contributed by atoms with Gasteiger partial charge in [-0.25, -0.2) is 4.79 Å². The van der Waals surface area contributed by atoms with Crippen molar-refractivity contribution in [1.82, 2.24) is 4.90 Å². The molecule has 4 rings (SSSR count). The van der Waals surface area contributed by atoms with Crippen molar-refractivity contribution in [3.8, 4) is 5.75 Å². The Balaban J connectivity index is 1.25. The van der Waals surface area contributed by atoms with Crippen LogP contribution < -0.4 is 10.1 Å². The van der Waals surface area contributed by atoms with E-state index in [9.17, 15) is 23.1 Å². The lowest BCUT2D eigenvalue weighted by molar-refractivity contribution is -0.184. The summed E-state index contributed by atoms with van der Waals surface area (Å²) in [6, 6.07) is 11.4. The van der Waals surface area contributed by atoms with Crippen LogP contribution in [-0.2, 0) is 16.5 Å². The van der Waals surface area contributed by atoms with Crippen LogP contribution in [0.5, 0.6) is 5.75 Å². The minimum absolute atomic E-state index is 0.162. The van der Waals surface area contributed by atoms with Crippen molar-refractivity contribution in [2.45, 2.75) is 30.7 Å². The second kappa shape index (κ2) is 8.39. The summed E-state index contributed by atoms with van der Waals surface area (Å²) >= 11 is 0. The maximum absolute atomic E-state index is 12.6. The number of rotatable bonds is 4. The number of ether oxygens (including phenoxy) is 2. The number of anilines is 1. The van der Waals surface area contributed by atoms with Gasteiger partial charge >= 0.3 is 12.2 Å². The Kier molecular flexibility index (Phi) is 5.81. The lowest BCUT2D eigenvalue weighted by Crippen LogP contribution is -2.46. The number of carbonyl (C=O) groups is 1. The van der Waals surface area contributed by atoms with E-state index in [1.807, 2.05) is 0 Å². The van der Waals surface area contributed by atoms with Crippen molar-refractivity contribution in [3.05, 3.63) is 59.7 Å². The molecule has 2 aliphatic heterocycles. The first-order valence-corrected chi connectivity index (χ1v) is 10.0. The van der Waals surface area contributed by atoms with Crippen LogP contribution in [0.25, 0.3) is 0 Å². The molecule has 2 aromatic rings. The lowest BCUT2D eigenvalue weighted by atomic mass is 9.92. The van der Waals surface area contributed by atoms with Crippen LogP contribution in [0, 0.1) is 0 Å². The highest BCUT2D eigenvalue weighted by Crippen LogP contribution is 2.31. The number of nitrogens with one attached hydrogen (secondary N) is 1. The fraction of sp³-hybridized carbons (Fsp3) is 0.409. The van der Waals surface area contributed by atoms with E-state index in [0.717, 1.165) is 17.7 Å². The van der Waals surface area contributed by atoms with Gasteiger partial charge in [-0.05, 0) is 42.0 Å². The fourth-order valence-electron chi connectivity index (χ4n) is 3.62. The molecule has 166 valence electrons. The van der Waals surface area contributed by atoms with Crippen LogP contribution in [0.3, 0.4) is 0 Å². The van der Waals surface area contributed by atoms with Crippen LogP contribution in [0.4, 0.5) is 23.7 Å². The van der Waals surface area contributed by atoms with E-state index in [1.165, 1.54) is 12.1 Å². The van der Waals surface area contributed by atoms with Gasteiger partial charge in [0.1, 0.15) is 17.5 Å². The highest BCUT2D eigenvalue weighted by molar-refractivity contribution is 5.89. The van der Waals surface area contributed by atoms with E-state index in [1.54, 1.807) is 29.2 Å². The molecule has 0 radical (unpaired) electrons. The summed E-state index contributed by atoms with van der Waals surface area (Å²) < 4.78 is 48.8. The Morgan fingerprint density at radius 3 is 2.19 bits per heavy atom. The van der Waals surface area contributed by atoms with Crippen LogP contribution in [-0.4, -0.2) is 48.4 Å².